The first kappa shape index (κ1) is 13.3. The maximum absolute atomic E-state index is 11.1. The normalized spacial score (nSPS) is 10.4. The summed E-state index contributed by atoms with van der Waals surface area (Å²) in [7, 11) is 0. The van der Waals surface area contributed by atoms with E-state index >= 15 is 0 Å². The molecule has 0 aliphatic carbocycles. The number of benzene rings is 2. The van der Waals surface area contributed by atoms with E-state index in [1.165, 1.54) is 11.1 Å². The van der Waals surface area contributed by atoms with Gasteiger partial charge in [-0.2, -0.15) is 0 Å². The van der Waals surface area contributed by atoms with Crippen LogP contribution in [-0.2, 0) is 13.1 Å². The van der Waals surface area contributed by atoms with Crippen LogP contribution in [0.1, 0.15) is 27.0 Å². The highest BCUT2D eigenvalue weighted by Crippen LogP contribution is 2.09. The van der Waals surface area contributed by atoms with E-state index in [0.29, 0.717) is 12.1 Å². The van der Waals surface area contributed by atoms with Crippen LogP contribution in [0.3, 0.4) is 0 Å². The lowest BCUT2D eigenvalue weighted by Crippen LogP contribution is -2.15. The van der Waals surface area contributed by atoms with Gasteiger partial charge >= 0.3 is 5.97 Å². The third-order valence-corrected chi connectivity index (χ3v) is 2.97. The largest absolute Gasteiger partial charge is 0.478 e. The first-order valence-electron chi connectivity index (χ1n) is 6.24. The molecule has 2 aromatic rings. The van der Waals surface area contributed by atoms with Crippen LogP contribution in [0.5, 0.6) is 0 Å². The third kappa shape index (κ3) is 3.66. The van der Waals surface area contributed by atoms with Gasteiger partial charge in [0.25, 0.3) is 0 Å². The van der Waals surface area contributed by atoms with Crippen LogP contribution in [-0.4, -0.2) is 11.1 Å². The van der Waals surface area contributed by atoms with Crippen LogP contribution < -0.4 is 5.32 Å². The number of rotatable bonds is 5. The molecule has 0 heterocycles. The Bertz CT molecular complexity index is 578. The first-order chi connectivity index (χ1) is 9.16. The van der Waals surface area contributed by atoms with Gasteiger partial charge in [0, 0.05) is 13.1 Å². The van der Waals surface area contributed by atoms with Crippen molar-refractivity contribution < 1.29 is 9.90 Å². The molecule has 0 saturated carbocycles. The zero-order valence-electron chi connectivity index (χ0n) is 10.9. The van der Waals surface area contributed by atoms with Gasteiger partial charge in [0.2, 0.25) is 0 Å². The van der Waals surface area contributed by atoms with Crippen LogP contribution in [0.15, 0.2) is 48.5 Å². The van der Waals surface area contributed by atoms with Gasteiger partial charge in [-0.05, 0) is 24.1 Å². The van der Waals surface area contributed by atoms with Gasteiger partial charge in [-0.1, -0.05) is 48.0 Å². The van der Waals surface area contributed by atoms with Crippen LogP contribution in [0, 0.1) is 6.92 Å². The molecular formula is C16H17NO2. The summed E-state index contributed by atoms with van der Waals surface area (Å²) in [5.41, 5.74) is 3.60. The summed E-state index contributed by atoms with van der Waals surface area (Å²) in [5.74, 6) is -0.882. The SMILES string of the molecule is Cc1cccc(CNCc2ccccc2C(=O)O)c1. The molecule has 0 aliphatic heterocycles. The molecule has 0 unspecified atom stereocenters. The molecule has 3 nitrogen and oxygen atoms in total. The van der Waals surface area contributed by atoms with E-state index in [1.807, 2.05) is 18.2 Å². The second-order valence-corrected chi connectivity index (χ2v) is 4.55. The van der Waals surface area contributed by atoms with Gasteiger partial charge in [0.1, 0.15) is 0 Å². The number of carboxylic acids is 1. The van der Waals surface area contributed by atoms with Crippen LogP contribution in [0.4, 0.5) is 0 Å². The van der Waals surface area contributed by atoms with E-state index in [1.54, 1.807) is 12.1 Å². The second-order valence-electron chi connectivity index (χ2n) is 4.55. The molecule has 19 heavy (non-hydrogen) atoms. The van der Waals surface area contributed by atoms with Crippen molar-refractivity contribution >= 4 is 5.97 Å². The molecule has 98 valence electrons. The molecule has 0 fully saturated rings. The van der Waals surface area contributed by atoms with Crippen molar-refractivity contribution in [3.05, 3.63) is 70.8 Å². The molecule has 0 spiro atoms. The first-order valence-corrected chi connectivity index (χ1v) is 6.24. The Morgan fingerprint density at radius 2 is 1.89 bits per heavy atom. The van der Waals surface area contributed by atoms with Gasteiger partial charge in [-0.3, -0.25) is 0 Å². The quantitative estimate of drug-likeness (QED) is 0.863. The van der Waals surface area contributed by atoms with Crippen LogP contribution in [0.2, 0.25) is 0 Å². The highest BCUT2D eigenvalue weighted by atomic mass is 16.4. The molecule has 2 rings (SSSR count). The molecule has 0 radical (unpaired) electrons. The Labute approximate surface area is 112 Å². The number of hydrogen-bond acceptors (Lipinski definition) is 2. The summed E-state index contributed by atoms with van der Waals surface area (Å²) in [6.45, 7) is 3.34. The second kappa shape index (κ2) is 6.16. The lowest BCUT2D eigenvalue weighted by Gasteiger charge is -2.08. The third-order valence-electron chi connectivity index (χ3n) is 2.97. The molecule has 0 aliphatic rings. The summed E-state index contributed by atoms with van der Waals surface area (Å²) in [5, 5.41) is 12.4. The number of aromatic carboxylic acids is 1. The number of nitrogens with one attached hydrogen (secondary N) is 1. The average Bonchev–Trinajstić information content (AvgIpc) is 2.39. The van der Waals surface area contributed by atoms with Crippen molar-refractivity contribution in [2.24, 2.45) is 0 Å². The molecule has 2 aromatic carbocycles. The zero-order valence-corrected chi connectivity index (χ0v) is 10.9. The van der Waals surface area contributed by atoms with Gasteiger partial charge in [0.15, 0.2) is 0 Å². The summed E-state index contributed by atoms with van der Waals surface area (Å²) in [6.07, 6.45) is 0. The smallest absolute Gasteiger partial charge is 0.336 e. The molecule has 2 N–H and O–H groups in total. The molecular weight excluding hydrogens is 238 g/mol. The molecule has 0 bridgehead atoms. The number of carboxylic acid groups (broad SMARTS) is 1. The summed E-state index contributed by atoms with van der Waals surface area (Å²) in [4.78, 5) is 11.1. The maximum Gasteiger partial charge on any atom is 0.336 e. The Morgan fingerprint density at radius 1 is 1.11 bits per heavy atom. The van der Waals surface area contributed by atoms with E-state index in [0.717, 1.165) is 12.1 Å². The molecule has 3 heteroatoms. The maximum atomic E-state index is 11.1. The number of hydrogen-bond donors (Lipinski definition) is 2. The lowest BCUT2D eigenvalue weighted by molar-refractivity contribution is 0.0695. The van der Waals surface area contributed by atoms with Crippen molar-refractivity contribution in [2.45, 2.75) is 20.0 Å². The Kier molecular flexibility index (Phi) is 4.31. The van der Waals surface area contributed by atoms with E-state index < -0.39 is 5.97 Å². The standard InChI is InChI=1S/C16H17NO2/c1-12-5-4-6-13(9-12)10-17-11-14-7-2-3-8-15(14)16(18)19/h2-9,17H,10-11H2,1H3,(H,18,19). The van der Waals surface area contributed by atoms with E-state index in [4.69, 9.17) is 5.11 Å². The van der Waals surface area contributed by atoms with Gasteiger partial charge < -0.3 is 10.4 Å². The Balaban J connectivity index is 1.98. The molecule has 0 atom stereocenters. The predicted molar refractivity (Wildman–Crippen MR) is 75.1 cm³/mol. The fourth-order valence-electron chi connectivity index (χ4n) is 2.05. The summed E-state index contributed by atoms with van der Waals surface area (Å²) < 4.78 is 0. The monoisotopic (exact) mass is 255 g/mol. The number of aryl methyl sites for hydroxylation is 1. The minimum absolute atomic E-state index is 0.360. The fraction of sp³-hybridized carbons (Fsp3) is 0.188. The van der Waals surface area contributed by atoms with Gasteiger partial charge in [-0.25, -0.2) is 4.79 Å². The molecule has 0 saturated heterocycles. The van der Waals surface area contributed by atoms with E-state index in [9.17, 15) is 4.79 Å². The zero-order chi connectivity index (χ0) is 13.7. The highest BCUT2D eigenvalue weighted by molar-refractivity contribution is 5.89. The fourth-order valence-corrected chi connectivity index (χ4v) is 2.05. The van der Waals surface area contributed by atoms with Crippen molar-refractivity contribution in [1.29, 1.82) is 0 Å². The van der Waals surface area contributed by atoms with Gasteiger partial charge in [0.05, 0.1) is 5.56 Å². The molecule has 0 amide bonds. The average molecular weight is 255 g/mol. The lowest BCUT2D eigenvalue weighted by atomic mass is 10.1. The summed E-state index contributed by atoms with van der Waals surface area (Å²) in [6, 6.07) is 15.3. The predicted octanol–water partition coefficient (Wildman–Crippen LogP) is 2.98. The minimum Gasteiger partial charge on any atom is -0.478 e. The van der Waals surface area contributed by atoms with Crippen molar-refractivity contribution in [2.75, 3.05) is 0 Å². The highest BCUT2D eigenvalue weighted by Gasteiger charge is 2.07. The van der Waals surface area contributed by atoms with Crippen molar-refractivity contribution in [3.63, 3.8) is 0 Å². The molecule has 0 aromatic heterocycles. The Morgan fingerprint density at radius 3 is 2.63 bits per heavy atom. The van der Waals surface area contributed by atoms with Crippen molar-refractivity contribution in [3.8, 4) is 0 Å². The minimum atomic E-state index is -0.882. The van der Waals surface area contributed by atoms with Gasteiger partial charge in [-0.15, -0.1) is 0 Å². The topological polar surface area (TPSA) is 49.3 Å². The summed E-state index contributed by atoms with van der Waals surface area (Å²) >= 11 is 0. The van der Waals surface area contributed by atoms with E-state index in [2.05, 4.69) is 30.4 Å². The van der Waals surface area contributed by atoms with Crippen LogP contribution in [0.25, 0.3) is 0 Å². The van der Waals surface area contributed by atoms with Crippen molar-refractivity contribution in [1.82, 2.24) is 5.32 Å². The Hall–Kier alpha value is -2.13. The number of carbonyl (C=O) groups is 1. The van der Waals surface area contributed by atoms with Crippen LogP contribution >= 0.6 is 0 Å². The van der Waals surface area contributed by atoms with E-state index in [-0.39, 0.29) is 0 Å².